The molecule has 1 aliphatic heterocycles. The normalized spacial score (nSPS) is 13.8. The van der Waals surface area contributed by atoms with Crippen molar-refractivity contribution in [2.75, 3.05) is 24.7 Å². The van der Waals surface area contributed by atoms with Gasteiger partial charge in [0.1, 0.15) is 18.1 Å². The Labute approximate surface area is 195 Å². The van der Waals surface area contributed by atoms with Crippen LogP contribution in [0.15, 0.2) is 65.8 Å². The summed E-state index contributed by atoms with van der Waals surface area (Å²) in [4.78, 5) is 12.2. The van der Waals surface area contributed by atoms with Crippen molar-refractivity contribution in [2.24, 2.45) is 5.10 Å². The third-order valence-electron chi connectivity index (χ3n) is 4.77. The smallest absolute Gasteiger partial charge is 0.277 e. The second kappa shape index (κ2) is 11.0. The lowest BCUT2D eigenvalue weighted by Crippen LogP contribution is -2.24. The molecule has 5 nitrogen and oxygen atoms in total. The number of amides is 1. The number of terminal acetylenes is 1. The first-order chi connectivity index (χ1) is 15.7. The summed E-state index contributed by atoms with van der Waals surface area (Å²) in [5, 5.41) is 6.09. The SMILES string of the molecule is C#CCOc1ccc2ccccc2c1/C=N\NC(=O)COc1ccc(C2SCCS2)cc1. The molecule has 0 saturated carbocycles. The molecule has 162 valence electrons. The number of hydrazone groups is 1. The summed E-state index contributed by atoms with van der Waals surface area (Å²) in [6, 6.07) is 19.6. The molecule has 0 bridgehead atoms. The first kappa shape index (κ1) is 22.1. The van der Waals surface area contributed by atoms with Crippen LogP contribution in [0.2, 0.25) is 0 Å². The molecule has 1 heterocycles. The van der Waals surface area contributed by atoms with Gasteiger partial charge in [-0.25, -0.2) is 5.43 Å². The number of thioether (sulfide) groups is 2. The molecular formula is C25H22N2O3S2. The van der Waals surface area contributed by atoms with Crippen molar-refractivity contribution < 1.29 is 14.3 Å². The molecule has 1 N–H and O–H groups in total. The van der Waals surface area contributed by atoms with E-state index in [1.54, 1.807) is 6.21 Å². The van der Waals surface area contributed by atoms with Crippen LogP contribution in [0, 0.1) is 12.3 Å². The van der Waals surface area contributed by atoms with Crippen molar-refractivity contribution >= 4 is 46.4 Å². The summed E-state index contributed by atoms with van der Waals surface area (Å²) in [5.74, 6) is 5.74. The van der Waals surface area contributed by atoms with Crippen LogP contribution in [0.4, 0.5) is 0 Å². The van der Waals surface area contributed by atoms with Gasteiger partial charge in [0.25, 0.3) is 5.91 Å². The Kier molecular flexibility index (Phi) is 7.59. The Hall–Kier alpha value is -3.08. The quantitative estimate of drug-likeness (QED) is 0.294. The summed E-state index contributed by atoms with van der Waals surface area (Å²) in [6.45, 7) is 0.0237. The van der Waals surface area contributed by atoms with Crippen molar-refractivity contribution in [3.63, 3.8) is 0 Å². The van der Waals surface area contributed by atoms with E-state index in [4.69, 9.17) is 15.9 Å². The largest absolute Gasteiger partial charge is 0.484 e. The molecule has 7 heteroatoms. The summed E-state index contributed by atoms with van der Waals surface area (Å²) in [7, 11) is 0. The maximum atomic E-state index is 12.2. The van der Waals surface area contributed by atoms with Gasteiger partial charge in [-0.2, -0.15) is 5.10 Å². The minimum atomic E-state index is -0.349. The molecule has 0 aromatic heterocycles. The lowest BCUT2D eigenvalue weighted by Gasteiger charge is -2.10. The minimum absolute atomic E-state index is 0.125. The zero-order chi connectivity index (χ0) is 22.2. The molecule has 1 aliphatic rings. The Balaban J connectivity index is 1.36. The third-order valence-corrected chi connectivity index (χ3v) is 7.87. The van der Waals surface area contributed by atoms with E-state index < -0.39 is 0 Å². The van der Waals surface area contributed by atoms with E-state index in [2.05, 4.69) is 28.6 Å². The van der Waals surface area contributed by atoms with Gasteiger partial charge in [0, 0.05) is 17.1 Å². The van der Waals surface area contributed by atoms with Crippen molar-refractivity contribution in [3.05, 3.63) is 71.8 Å². The number of ether oxygens (including phenoxy) is 2. The molecular weight excluding hydrogens is 440 g/mol. The number of rotatable bonds is 8. The lowest BCUT2D eigenvalue weighted by atomic mass is 10.0. The highest BCUT2D eigenvalue weighted by Crippen LogP contribution is 2.45. The molecule has 1 fully saturated rings. The number of carbonyl (C=O) groups excluding carboxylic acids is 1. The van der Waals surface area contributed by atoms with Crippen LogP contribution in [0.25, 0.3) is 10.8 Å². The van der Waals surface area contributed by atoms with Crippen molar-refractivity contribution in [1.82, 2.24) is 5.43 Å². The molecule has 32 heavy (non-hydrogen) atoms. The Morgan fingerprint density at radius 3 is 2.66 bits per heavy atom. The lowest BCUT2D eigenvalue weighted by molar-refractivity contribution is -0.123. The molecule has 3 aromatic rings. The van der Waals surface area contributed by atoms with Gasteiger partial charge in [-0.05, 0) is 34.5 Å². The van der Waals surface area contributed by atoms with Gasteiger partial charge < -0.3 is 9.47 Å². The molecule has 0 spiro atoms. The highest BCUT2D eigenvalue weighted by Gasteiger charge is 2.18. The van der Waals surface area contributed by atoms with Gasteiger partial charge in [-0.3, -0.25) is 4.79 Å². The topological polar surface area (TPSA) is 59.9 Å². The van der Waals surface area contributed by atoms with E-state index in [-0.39, 0.29) is 19.1 Å². The number of fused-ring (bicyclic) bond motifs is 1. The second-order valence-corrected chi connectivity index (χ2v) is 9.64. The van der Waals surface area contributed by atoms with Crippen LogP contribution in [-0.2, 0) is 4.79 Å². The monoisotopic (exact) mass is 462 g/mol. The van der Waals surface area contributed by atoms with E-state index in [1.165, 1.54) is 17.1 Å². The first-order valence-corrected chi connectivity index (χ1v) is 12.2. The van der Waals surface area contributed by atoms with Gasteiger partial charge >= 0.3 is 0 Å². The molecule has 3 aromatic carbocycles. The van der Waals surface area contributed by atoms with Crippen LogP contribution in [0.1, 0.15) is 15.7 Å². The van der Waals surface area contributed by atoms with Crippen molar-refractivity contribution in [1.29, 1.82) is 0 Å². The molecule has 0 unspecified atom stereocenters. The van der Waals surface area contributed by atoms with Crippen molar-refractivity contribution in [2.45, 2.75) is 4.58 Å². The maximum absolute atomic E-state index is 12.2. The van der Waals surface area contributed by atoms with Crippen LogP contribution >= 0.6 is 23.5 Å². The standard InChI is InChI=1S/C25H22N2O3S2/c1-2-13-29-23-12-9-18-5-3-4-6-21(18)22(23)16-26-27-24(28)17-30-20-10-7-19(8-11-20)25-31-14-15-32-25/h1,3-12,16,25H,13-15,17H2,(H,27,28)/b26-16-. The van der Waals surface area contributed by atoms with Gasteiger partial charge in [0.05, 0.1) is 10.8 Å². The second-order valence-electron chi connectivity index (χ2n) is 6.92. The molecule has 0 radical (unpaired) electrons. The molecule has 1 amide bonds. The fraction of sp³-hybridized carbons (Fsp3) is 0.200. The number of nitrogens with one attached hydrogen (secondary N) is 1. The van der Waals surface area contributed by atoms with E-state index in [0.29, 0.717) is 16.1 Å². The zero-order valence-electron chi connectivity index (χ0n) is 17.3. The van der Waals surface area contributed by atoms with Gasteiger partial charge in [-0.1, -0.05) is 48.4 Å². The summed E-state index contributed by atoms with van der Waals surface area (Å²) in [5.41, 5.74) is 4.53. The Morgan fingerprint density at radius 2 is 1.88 bits per heavy atom. The Bertz CT molecular complexity index is 1150. The summed E-state index contributed by atoms with van der Waals surface area (Å²) in [6.07, 6.45) is 6.89. The number of hydrogen-bond acceptors (Lipinski definition) is 6. The first-order valence-electron chi connectivity index (χ1n) is 10.1. The fourth-order valence-corrected chi connectivity index (χ4v) is 6.14. The van der Waals surface area contributed by atoms with Crippen LogP contribution < -0.4 is 14.9 Å². The van der Waals surface area contributed by atoms with Gasteiger partial charge in [-0.15, -0.1) is 29.9 Å². The number of carbonyl (C=O) groups is 1. The van der Waals surface area contributed by atoms with E-state index in [9.17, 15) is 4.79 Å². The van der Waals surface area contributed by atoms with Gasteiger partial charge in [0.15, 0.2) is 6.61 Å². The Morgan fingerprint density at radius 1 is 1.09 bits per heavy atom. The van der Waals surface area contributed by atoms with E-state index in [1.807, 2.05) is 72.1 Å². The predicted octanol–water partition coefficient (Wildman–Crippen LogP) is 4.86. The highest BCUT2D eigenvalue weighted by atomic mass is 32.2. The molecule has 4 rings (SSSR count). The van der Waals surface area contributed by atoms with Gasteiger partial charge in [0.2, 0.25) is 0 Å². The fourth-order valence-electron chi connectivity index (χ4n) is 3.28. The van der Waals surface area contributed by atoms with Crippen LogP contribution in [0.5, 0.6) is 11.5 Å². The third kappa shape index (κ3) is 5.58. The molecule has 0 aliphatic carbocycles. The number of benzene rings is 3. The average molecular weight is 463 g/mol. The zero-order valence-corrected chi connectivity index (χ0v) is 19.0. The van der Waals surface area contributed by atoms with E-state index in [0.717, 1.165) is 16.3 Å². The van der Waals surface area contributed by atoms with Crippen molar-refractivity contribution in [3.8, 4) is 23.8 Å². The van der Waals surface area contributed by atoms with E-state index >= 15 is 0 Å². The summed E-state index contributed by atoms with van der Waals surface area (Å²) >= 11 is 3.91. The highest BCUT2D eigenvalue weighted by molar-refractivity contribution is 8.19. The van der Waals surface area contributed by atoms with Crippen LogP contribution in [-0.4, -0.2) is 36.8 Å². The predicted molar refractivity (Wildman–Crippen MR) is 134 cm³/mol. The molecule has 0 atom stereocenters. The number of nitrogens with zero attached hydrogens (tertiary/aromatic N) is 1. The average Bonchev–Trinajstić information content (AvgIpc) is 3.37. The minimum Gasteiger partial charge on any atom is -0.484 e. The van der Waals surface area contributed by atoms with Crippen LogP contribution in [0.3, 0.4) is 0 Å². The maximum Gasteiger partial charge on any atom is 0.277 e. The summed E-state index contributed by atoms with van der Waals surface area (Å²) < 4.78 is 11.7. The number of hydrogen-bond donors (Lipinski definition) is 1. The molecule has 1 saturated heterocycles.